The molecule has 0 aromatic heterocycles. The Balaban J connectivity index is 2.20. The van der Waals surface area contributed by atoms with Gasteiger partial charge < -0.3 is 11.5 Å². The molecule has 9 heavy (non-hydrogen) atoms. The second-order valence-electron chi connectivity index (χ2n) is 2.43. The summed E-state index contributed by atoms with van der Waals surface area (Å²) in [4.78, 5) is 0. The first-order valence-electron chi connectivity index (χ1n) is 3.42. The Morgan fingerprint density at radius 3 is 1.78 bits per heavy atom. The van der Waals surface area contributed by atoms with Gasteiger partial charge in [0.1, 0.15) is 0 Å². The summed E-state index contributed by atoms with van der Waals surface area (Å²) < 4.78 is 0. The van der Waals surface area contributed by atoms with E-state index in [2.05, 4.69) is 0 Å². The third-order valence-electron chi connectivity index (χ3n) is 1.72. The fourth-order valence-electron chi connectivity index (χ4n) is 1.13. The molecular formula is C6H14N2S. The maximum atomic E-state index is 5.49. The Morgan fingerprint density at radius 1 is 1.11 bits per heavy atom. The van der Waals surface area contributed by atoms with Crippen LogP contribution in [0.25, 0.3) is 0 Å². The van der Waals surface area contributed by atoms with E-state index in [1.54, 1.807) is 0 Å². The van der Waals surface area contributed by atoms with Crippen LogP contribution < -0.4 is 11.5 Å². The minimum Gasteiger partial charge on any atom is -0.329 e. The van der Waals surface area contributed by atoms with Gasteiger partial charge in [-0.15, -0.1) is 0 Å². The summed E-state index contributed by atoms with van der Waals surface area (Å²) in [5.74, 6) is 0. The van der Waals surface area contributed by atoms with Crippen molar-refractivity contribution in [2.24, 2.45) is 11.5 Å². The zero-order chi connectivity index (χ0) is 6.69. The van der Waals surface area contributed by atoms with Crippen molar-refractivity contribution >= 4 is 11.8 Å². The predicted molar refractivity (Wildman–Crippen MR) is 42.5 cm³/mol. The van der Waals surface area contributed by atoms with Crippen LogP contribution in [0.4, 0.5) is 0 Å². The highest BCUT2D eigenvalue weighted by atomic mass is 32.2. The lowest BCUT2D eigenvalue weighted by molar-refractivity contribution is 0.724. The van der Waals surface area contributed by atoms with Gasteiger partial charge in [0.15, 0.2) is 0 Å². The van der Waals surface area contributed by atoms with Gasteiger partial charge in [-0.3, -0.25) is 0 Å². The van der Waals surface area contributed by atoms with Crippen LogP contribution in [-0.4, -0.2) is 23.6 Å². The quantitative estimate of drug-likeness (QED) is 0.584. The maximum Gasteiger partial charge on any atom is 0.0173 e. The molecule has 0 saturated carbocycles. The Morgan fingerprint density at radius 2 is 1.56 bits per heavy atom. The van der Waals surface area contributed by atoms with E-state index in [4.69, 9.17) is 11.5 Å². The first-order valence-corrected chi connectivity index (χ1v) is 4.36. The zero-order valence-electron chi connectivity index (χ0n) is 5.55. The van der Waals surface area contributed by atoms with Gasteiger partial charge in [-0.1, -0.05) is 0 Å². The van der Waals surface area contributed by atoms with E-state index in [-0.39, 0.29) is 0 Å². The van der Waals surface area contributed by atoms with Crippen LogP contribution in [0.1, 0.15) is 12.8 Å². The van der Waals surface area contributed by atoms with Crippen molar-refractivity contribution in [1.29, 1.82) is 0 Å². The third kappa shape index (κ3) is 1.85. The molecule has 0 aliphatic carbocycles. The third-order valence-corrected chi connectivity index (χ3v) is 3.35. The van der Waals surface area contributed by atoms with Crippen LogP contribution in [0.2, 0.25) is 0 Å². The number of thioether (sulfide) groups is 1. The SMILES string of the molecule is NCC1CCC(CN)S1. The van der Waals surface area contributed by atoms with Gasteiger partial charge in [0, 0.05) is 23.6 Å². The van der Waals surface area contributed by atoms with E-state index >= 15 is 0 Å². The molecule has 3 heteroatoms. The lowest BCUT2D eigenvalue weighted by atomic mass is 10.2. The van der Waals surface area contributed by atoms with E-state index in [9.17, 15) is 0 Å². The van der Waals surface area contributed by atoms with Crippen LogP contribution >= 0.6 is 11.8 Å². The molecule has 2 unspecified atom stereocenters. The van der Waals surface area contributed by atoms with Crippen LogP contribution in [-0.2, 0) is 0 Å². The largest absolute Gasteiger partial charge is 0.329 e. The van der Waals surface area contributed by atoms with E-state index in [0.717, 1.165) is 13.1 Å². The van der Waals surface area contributed by atoms with Crippen molar-refractivity contribution in [1.82, 2.24) is 0 Å². The predicted octanol–water partition coefficient (Wildman–Crippen LogP) is 0.168. The van der Waals surface area contributed by atoms with Gasteiger partial charge in [-0.2, -0.15) is 11.8 Å². The Hall–Kier alpha value is 0.270. The first kappa shape index (κ1) is 7.38. The van der Waals surface area contributed by atoms with Crippen LogP contribution in [0, 0.1) is 0 Å². The van der Waals surface area contributed by atoms with E-state index in [1.165, 1.54) is 12.8 Å². The van der Waals surface area contributed by atoms with Crippen molar-refractivity contribution < 1.29 is 0 Å². The summed E-state index contributed by atoms with van der Waals surface area (Å²) in [5, 5.41) is 1.39. The number of hydrogen-bond donors (Lipinski definition) is 2. The van der Waals surface area contributed by atoms with E-state index < -0.39 is 0 Å². The summed E-state index contributed by atoms with van der Waals surface area (Å²) >= 11 is 1.96. The molecule has 4 N–H and O–H groups in total. The lowest BCUT2D eigenvalue weighted by Crippen LogP contribution is -2.15. The lowest BCUT2D eigenvalue weighted by Gasteiger charge is -2.05. The van der Waals surface area contributed by atoms with E-state index in [1.807, 2.05) is 11.8 Å². The molecule has 0 aromatic rings. The molecule has 0 spiro atoms. The zero-order valence-corrected chi connectivity index (χ0v) is 6.36. The van der Waals surface area contributed by atoms with Gasteiger partial charge >= 0.3 is 0 Å². The minimum absolute atomic E-state index is 0.693. The average molecular weight is 146 g/mol. The summed E-state index contributed by atoms with van der Waals surface area (Å²) in [6.07, 6.45) is 2.53. The van der Waals surface area contributed by atoms with Gasteiger partial charge in [0.2, 0.25) is 0 Å². The molecule has 0 radical (unpaired) electrons. The first-order chi connectivity index (χ1) is 4.36. The topological polar surface area (TPSA) is 52.0 Å². The molecule has 2 atom stereocenters. The molecule has 1 saturated heterocycles. The molecule has 1 rings (SSSR count). The number of nitrogens with two attached hydrogens (primary N) is 2. The molecule has 0 aromatic carbocycles. The molecule has 54 valence electrons. The maximum absolute atomic E-state index is 5.49. The average Bonchev–Trinajstić information content (AvgIpc) is 2.34. The highest BCUT2D eigenvalue weighted by molar-refractivity contribution is 8.00. The molecule has 0 bridgehead atoms. The monoisotopic (exact) mass is 146 g/mol. The Bertz CT molecular complexity index is 77.1. The van der Waals surface area contributed by atoms with Gasteiger partial charge in [-0.25, -0.2) is 0 Å². The molecule has 1 aliphatic rings. The standard InChI is InChI=1S/C6H14N2S/c7-3-5-1-2-6(4-8)9-5/h5-6H,1-4,7-8H2. The normalized spacial score (nSPS) is 35.3. The smallest absolute Gasteiger partial charge is 0.0173 e. The molecule has 2 nitrogen and oxygen atoms in total. The fraction of sp³-hybridized carbons (Fsp3) is 1.00. The highest BCUT2D eigenvalue weighted by Gasteiger charge is 2.22. The van der Waals surface area contributed by atoms with Gasteiger partial charge in [-0.05, 0) is 12.8 Å². The van der Waals surface area contributed by atoms with Crippen molar-refractivity contribution in [3.63, 3.8) is 0 Å². The molecule has 0 amide bonds. The molecule has 1 heterocycles. The van der Waals surface area contributed by atoms with Crippen molar-refractivity contribution in [3.8, 4) is 0 Å². The van der Waals surface area contributed by atoms with Crippen molar-refractivity contribution in [3.05, 3.63) is 0 Å². The van der Waals surface area contributed by atoms with E-state index in [0.29, 0.717) is 10.5 Å². The molecule has 1 fully saturated rings. The van der Waals surface area contributed by atoms with Crippen LogP contribution in [0.3, 0.4) is 0 Å². The Labute approximate surface area is 60.4 Å². The molecular weight excluding hydrogens is 132 g/mol. The number of hydrogen-bond acceptors (Lipinski definition) is 3. The van der Waals surface area contributed by atoms with Crippen molar-refractivity contribution in [2.45, 2.75) is 23.3 Å². The minimum atomic E-state index is 0.693. The highest BCUT2D eigenvalue weighted by Crippen LogP contribution is 2.31. The fourth-order valence-corrected chi connectivity index (χ4v) is 2.44. The van der Waals surface area contributed by atoms with Crippen LogP contribution in [0.5, 0.6) is 0 Å². The second-order valence-corrected chi connectivity index (χ2v) is 4.03. The summed E-state index contributed by atoms with van der Waals surface area (Å²) in [7, 11) is 0. The summed E-state index contributed by atoms with van der Waals surface area (Å²) in [6, 6.07) is 0. The summed E-state index contributed by atoms with van der Waals surface area (Å²) in [5.41, 5.74) is 11.0. The van der Waals surface area contributed by atoms with Gasteiger partial charge in [0.25, 0.3) is 0 Å². The Kier molecular flexibility index (Phi) is 2.82. The van der Waals surface area contributed by atoms with Crippen molar-refractivity contribution in [2.75, 3.05) is 13.1 Å². The number of rotatable bonds is 2. The molecule has 1 aliphatic heterocycles. The van der Waals surface area contributed by atoms with Gasteiger partial charge in [0.05, 0.1) is 0 Å². The van der Waals surface area contributed by atoms with Crippen LogP contribution in [0.15, 0.2) is 0 Å². The second kappa shape index (κ2) is 3.44. The summed E-state index contributed by atoms with van der Waals surface area (Å²) in [6.45, 7) is 1.64.